The molecule has 0 aliphatic carbocycles. The summed E-state index contributed by atoms with van der Waals surface area (Å²) in [6, 6.07) is 76.8. The molecule has 0 amide bonds. The quantitative estimate of drug-likeness (QED) is 0.168. The van der Waals surface area contributed by atoms with Gasteiger partial charge in [-0.1, -0.05) is 146 Å². The largest absolute Gasteiger partial charge is 0.308 e. The zero-order valence-corrected chi connectivity index (χ0v) is 33.4. The lowest BCUT2D eigenvalue weighted by Gasteiger charge is -2.27. The maximum atomic E-state index is 5.84. The monoisotopic (exact) mass is 789 g/mol. The van der Waals surface area contributed by atoms with E-state index in [-0.39, 0.29) is 0 Å². The number of hydrogen-bond donors (Lipinski definition) is 0. The van der Waals surface area contributed by atoms with E-state index >= 15 is 0 Å². The van der Waals surface area contributed by atoms with E-state index < -0.39 is 0 Å². The van der Waals surface area contributed by atoms with Crippen molar-refractivity contribution < 1.29 is 0 Å². The lowest BCUT2D eigenvalue weighted by Crippen LogP contribution is -2.11. The third kappa shape index (κ3) is 4.43. The van der Waals surface area contributed by atoms with Crippen molar-refractivity contribution in [2.24, 2.45) is 0 Å². The highest BCUT2D eigenvalue weighted by Gasteiger charge is 2.28. The Morgan fingerprint density at radius 2 is 0.790 bits per heavy atom. The van der Waals surface area contributed by atoms with Crippen molar-refractivity contribution in [1.82, 2.24) is 13.8 Å². The predicted molar refractivity (Wildman–Crippen MR) is 260 cm³/mol. The molecular formula is C57H35N5. The molecule has 0 bridgehead atoms. The number of anilines is 6. The van der Waals surface area contributed by atoms with Gasteiger partial charge in [0, 0.05) is 60.5 Å². The average Bonchev–Trinajstić information content (AvgIpc) is 4.07. The molecule has 0 saturated carbocycles. The lowest BCUT2D eigenvalue weighted by molar-refractivity contribution is 1.25. The van der Waals surface area contributed by atoms with E-state index in [1.165, 1.54) is 54.3 Å². The minimum atomic E-state index is 0.963. The summed E-state index contributed by atoms with van der Waals surface area (Å²) in [5.41, 5.74) is 14.4. The number of aromatic nitrogens is 3. The first-order chi connectivity index (χ1) is 30.8. The van der Waals surface area contributed by atoms with Crippen LogP contribution in [0.15, 0.2) is 212 Å². The topological polar surface area (TPSA) is 28.2 Å². The molecule has 0 fully saturated rings. The molecule has 0 aliphatic heterocycles. The van der Waals surface area contributed by atoms with Gasteiger partial charge in [-0.05, 0) is 77.5 Å². The predicted octanol–water partition coefficient (Wildman–Crippen LogP) is 15.5. The molecule has 0 N–H and O–H groups in total. The van der Waals surface area contributed by atoms with Crippen LogP contribution in [0.3, 0.4) is 0 Å². The highest BCUT2D eigenvalue weighted by molar-refractivity contribution is 6.32. The maximum Gasteiger partial charge on any atom is 0.146 e. The van der Waals surface area contributed by atoms with E-state index in [4.69, 9.17) is 4.98 Å². The van der Waals surface area contributed by atoms with Crippen molar-refractivity contribution in [3.8, 4) is 0 Å². The van der Waals surface area contributed by atoms with Crippen LogP contribution in [0.2, 0.25) is 0 Å². The van der Waals surface area contributed by atoms with Crippen LogP contribution in [-0.2, 0) is 0 Å². The van der Waals surface area contributed by atoms with Gasteiger partial charge in [-0.15, -0.1) is 0 Å². The van der Waals surface area contributed by atoms with E-state index in [1.807, 2.05) is 0 Å². The summed E-state index contributed by atoms with van der Waals surface area (Å²) in [6.07, 6.45) is 0. The molecule has 62 heavy (non-hydrogen) atoms. The van der Waals surface area contributed by atoms with Gasteiger partial charge in [0.1, 0.15) is 5.65 Å². The van der Waals surface area contributed by atoms with Gasteiger partial charge >= 0.3 is 0 Å². The summed E-state index contributed by atoms with van der Waals surface area (Å²) in [7, 11) is 0. The first-order valence-electron chi connectivity index (χ1n) is 21.2. The van der Waals surface area contributed by atoms with Crippen molar-refractivity contribution in [2.75, 3.05) is 9.80 Å². The third-order valence-electron chi connectivity index (χ3n) is 13.1. The SMILES string of the molecule is c1ccc(N(c2ccccc2)c2cccc3c4cccc5c6nc7c(cc6n(c23)c45)c2cccc3c4c5ccccc5cc(N(c5ccccc5)c5ccccc5)c4n7c23)cc1. The summed E-state index contributed by atoms with van der Waals surface area (Å²) >= 11 is 0. The summed E-state index contributed by atoms with van der Waals surface area (Å²) < 4.78 is 4.97. The zero-order chi connectivity index (χ0) is 40.5. The van der Waals surface area contributed by atoms with Gasteiger partial charge in [0.25, 0.3) is 0 Å². The van der Waals surface area contributed by atoms with Gasteiger partial charge in [-0.3, -0.25) is 4.40 Å². The Labute approximate surface area is 355 Å². The Balaban J connectivity index is 1.15. The average molecular weight is 790 g/mol. The molecule has 14 rings (SSSR count). The van der Waals surface area contributed by atoms with E-state index in [0.29, 0.717) is 0 Å². The minimum absolute atomic E-state index is 0.963. The van der Waals surface area contributed by atoms with Crippen LogP contribution in [-0.4, -0.2) is 13.8 Å². The van der Waals surface area contributed by atoms with Crippen molar-refractivity contribution in [2.45, 2.75) is 0 Å². The number of fused-ring (bicyclic) bond motifs is 14. The smallest absolute Gasteiger partial charge is 0.146 e. The Bertz CT molecular complexity index is 3950. The second kappa shape index (κ2) is 12.6. The lowest BCUT2D eigenvalue weighted by atomic mass is 10.0. The van der Waals surface area contributed by atoms with Crippen LogP contribution in [0, 0.1) is 0 Å². The summed E-state index contributed by atoms with van der Waals surface area (Å²) in [4.78, 5) is 10.6. The van der Waals surface area contributed by atoms with Crippen molar-refractivity contribution >= 4 is 121 Å². The standard InChI is InChI=1S/C57H35N5/c1-5-19-37(20-6-1)59(38-21-7-2-8-22-38)48-33-17-30-43-42-28-16-32-46-52-49(61(54(42)46)55(43)48)35-47-44-29-15-31-45-51-41-27-14-13-18-36(41)34-50(56(51)62(53(44)45)57(47)58-52)60(39-23-9-3-10-24-39)40-25-11-4-12-26-40/h1-35H. The van der Waals surface area contributed by atoms with E-state index in [2.05, 4.69) is 231 Å². The highest BCUT2D eigenvalue weighted by atomic mass is 15.2. The summed E-state index contributed by atoms with van der Waals surface area (Å²) in [6.45, 7) is 0. The van der Waals surface area contributed by atoms with Crippen molar-refractivity contribution in [1.29, 1.82) is 0 Å². The van der Waals surface area contributed by atoms with Gasteiger partial charge in [0.2, 0.25) is 0 Å². The van der Waals surface area contributed by atoms with Gasteiger partial charge in [-0.2, -0.15) is 0 Å². The maximum absolute atomic E-state index is 5.84. The minimum Gasteiger partial charge on any atom is -0.308 e. The van der Waals surface area contributed by atoms with Gasteiger partial charge in [-0.25, -0.2) is 4.98 Å². The Hall–Kier alpha value is -8.41. The van der Waals surface area contributed by atoms with E-state index in [1.54, 1.807) is 0 Å². The molecule has 5 aromatic heterocycles. The molecule has 0 atom stereocenters. The number of pyridine rings is 1. The van der Waals surface area contributed by atoms with Gasteiger partial charge < -0.3 is 14.2 Å². The molecule has 5 heteroatoms. The second-order valence-corrected chi connectivity index (χ2v) is 16.3. The zero-order valence-electron chi connectivity index (χ0n) is 33.4. The molecule has 5 nitrogen and oxygen atoms in total. The third-order valence-corrected chi connectivity index (χ3v) is 13.1. The first-order valence-corrected chi connectivity index (χ1v) is 21.2. The van der Waals surface area contributed by atoms with Crippen molar-refractivity contribution in [3.05, 3.63) is 212 Å². The van der Waals surface area contributed by atoms with Crippen LogP contribution in [0.1, 0.15) is 0 Å². The highest BCUT2D eigenvalue weighted by Crippen LogP contribution is 2.50. The second-order valence-electron chi connectivity index (χ2n) is 16.3. The number of para-hydroxylation sites is 7. The molecule has 288 valence electrons. The van der Waals surface area contributed by atoms with Crippen LogP contribution >= 0.6 is 0 Å². The Kier molecular flexibility index (Phi) is 6.77. The summed E-state index contributed by atoms with van der Waals surface area (Å²) in [5, 5.41) is 10.8. The number of benzene rings is 9. The van der Waals surface area contributed by atoms with Gasteiger partial charge in [0.15, 0.2) is 0 Å². The molecule has 0 spiro atoms. The molecule has 0 saturated heterocycles. The first kappa shape index (κ1) is 33.4. The number of hydrogen-bond acceptors (Lipinski definition) is 3. The normalized spacial score (nSPS) is 12.2. The molecular weight excluding hydrogens is 755 g/mol. The van der Waals surface area contributed by atoms with Crippen LogP contribution in [0.5, 0.6) is 0 Å². The molecule has 14 aromatic rings. The van der Waals surface area contributed by atoms with Crippen LogP contribution in [0.25, 0.3) is 87.2 Å². The summed E-state index contributed by atoms with van der Waals surface area (Å²) in [5.74, 6) is 0. The van der Waals surface area contributed by atoms with Crippen LogP contribution < -0.4 is 9.80 Å². The fraction of sp³-hybridized carbons (Fsp3) is 0. The molecule has 0 unspecified atom stereocenters. The Morgan fingerprint density at radius 1 is 0.323 bits per heavy atom. The van der Waals surface area contributed by atoms with E-state index in [9.17, 15) is 0 Å². The molecule has 5 heterocycles. The number of nitrogens with zero attached hydrogens (tertiary/aromatic N) is 5. The van der Waals surface area contributed by atoms with Crippen LogP contribution in [0.4, 0.5) is 34.1 Å². The molecule has 0 radical (unpaired) electrons. The fourth-order valence-corrected chi connectivity index (χ4v) is 10.6. The Morgan fingerprint density at radius 3 is 1.42 bits per heavy atom. The van der Waals surface area contributed by atoms with Gasteiger partial charge in [0.05, 0.1) is 44.5 Å². The van der Waals surface area contributed by atoms with E-state index in [0.717, 1.165) is 67.1 Å². The van der Waals surface area contributed by atoms with Crippen molar-refractivity contribution in [3.63, 3.8) is 0 Å². The number of rotatable bonds is 6. The molecule has 0 aliphatic rings. The fourth-order valence-electron chi connectivity index (χ4n) is 10.6. The molecule has 9 aromatic carbocycles.